The molecule has 0 radical (unpaired) electrons. The van der Waals surface area contributed by atoms with E-state index in [9.17, 15) is 4.79 Å². The third-order valence-electron chi connectivity index (χ3n) is 2.48. The summed E-state index contributed by atoms with van der Waals surface area (Å²) in [4.78, 5) is 13.5. The van der Waals surface area contributed by atoms with E-state index in [0.29, 0.717) is 13.0 Å². The maximum Gasteiger partial charge on any atom is 0.228 e. The fourth-order valence-electron chi connectivity index (χ4n) is 1.71. The highest BCUT2D eigenvalue weighted by molar-refractivity contribution is 14.1. The summed E-state index contributed by atoms with van der Waals surface area (Å²) in [7, 11) is 0. The molecule has 0 bridgehead atoms. The second-order valence-electron chi connectivity index (χ2n) is 3.55. The SMILES string of the molecule is C#CC1CC(=O)N(c2cccc(I)c2)C1. The van der Waals surface area contributed by atoms with Crippen molar-refractivity contribution in [3.8, 4) is 12.3 Å². The van der Waals surface area contributed by atoms with Crippen LogP contribution in [0.3, 0.4) is 0 Å². The van der Waals surface area contributed by atoms with Gasteiger partial charge in [-0.2, -0.15) is 0 Å². The predicted molar refractivity (Wildman–Crippen MR) is 68.5 cm³/mol. The molecule has 1 unspecified atom stereocenters. The summed E-state index contributed by atoms with van der Waals surface area (Å²) in [6, 6.07) is 7.90. The zero-order chi connectivity index (χ0) is 10.8. The summed E-state index contributed by atoms with van der Waals surface area (Å²) in [6.45, 7) is 0.648. The number of anilines is 1. The zero-order valence-corrected chi connectivity index (χ0v) is 10.3. The van der Waals surface area contributed by atoms with E-state index in [2.05, 4.69) is 28.5 Å². The van der Waals surface area contributed by atoms with Crippen molar-refractivity contribution in [3.05, 3.63) is 27.8 Å². The van der Waals surface area contributed by atoms with E-state index in [4.69, 9.17) is 6.42 Å². The van der Waals surface area contributed by atoms with E-state index in [-0.39, 0.29) is 11.8 Å². The highest BCUT2D eigenvalue weighted by Gasteiger charge is 2.29. The van der Waals surface area contributed by atoms with Crippen LogP contribution >= 0.6 is 22.6 Å². The topological polar surface area (TPSA) is 20.3 Å². The first-order valence-corrected chi connectivity index (χ1v) is 5.80. The Morgan fingerprint density at radius 1 is 1.53 bits per heavy atom. The fraction of sp³-hybridized carbons (Fsp3) is 0.250. The molecular weight excluding hydrogens is 301 g/mol. The minimum absolute atomic E-state index is 0.0652. The van der Waals surface area contributed by atoms with E-state index in [1.54, 1.807) is 4.90 Å². The average molecular weight is 311 g/mol. The van der Waals surface area contributed by atoms with Crippen molar-refractivity contribution in [1.29, 1.82) is 0 Å². The van der Waals surface area contributed by atoms with Crippen molar-refractivity contribution in [1.82, 2.24) is 0 Å². The quantitative estimate of drug-likeness (QED) is 0.575. The zero-order valence-electron chi connectivity index (χ0n) is 8.11. The molecule has 15 heavy (non-hydrogen) atoms. The highest BCUT2D eigenvalue weighted by Crippen LogP contribution is 2.25. The van der Waals surface area contributed by atoms with Gasteiger partial charge in [-0.1, -0.05) is 6.07 Å². The van der Waals surface area contributed by atoms with E-state index in [1.165, 1.54) is 0 Å². The number of hydrogen-bond acceptors (Lipinski definition) is 1. The molecule has 1 aliphatic heterocycles. The van der Waals surface area contributed by atoms with Gasteiger partial charge >= 0.3 is 0 Å². The third kappa shape index (κ3) is 2.15. The van der Waals surface area contributed by atoms with Gasteiger partial charge in [0, 0.05) is 28.1 Å². The standard InChI is InChI=1S/C12H10INO/c1-2-9-6-12(15)14(8-9)11-5-3-4-10(13)7-11/h1,3-5,7,9H,6,8H2. The lowest BCUT2D eigenvalue weighted by molar-refractivity contribution is -0.117. The van der Waals surface area contributed by atoms with Crippen LogP contribution in [0.25, 0.3) is 0 Å². The Morgan fingerprint density at radius 2 is 2.33 bits per heavy atom. The Bertz CT molecular complexity index is 435. The molecule has 1 aromatic rings. The number of nitrogens with zero attached hydrogens (tertiary/aromatic N) is 1. The Hall–Kier alpha value is -1.02. The van der Waals surface area contributed by atoms with Gasteiger partial charge in [-0.15, -0.1) is 12.3 Å². The number of halogens is 1. The first-order valence-electron chi connectivity index (χ1n) is 4.73. The molecule has 1 amide bonds. The van der Waals surface area contributed by atoms with E-state index < -0.39 is 0 Å². The van der Waals surface area contributed by atoms with Gasteiger partial charge in [0.05, 0.1) is 0 Å². The van der Waals surface area contributed by atoms with Crippen molar-refractivity contribution >= 4 is 34.2 Å². The highest BCUT2D eigenvalue weighted by atomic mass is 127. The number of hydrogen-bond donors (Lipinski definition) is 0. The smallest absolute Gasteiger partial charge is 0.228 e. The van der Waals surface area contributed by atoms with Gasteiger partial charge in [0.25, 0.3) is 0 Å². The van der Waals surface area contributed by atoms with Gasteiger partial charge in [-0.25, -0.2) is 0 Å². The van der Waals surface area contributed by atoms with Crippen molar-refractivity contribution < 1.29 is 4.79 Å². The molecule has 1 aromatic carbocycles. The van der Waals surface area contributed by atoms with Crippen LogP contribution in [0, 0.1) is 21.8 Å². The monoisotopic (exact) mass is 311 g/mol. The van der Waals surface area contributed by atoms with Gasteiger partial charge in [-0.05, 0) is 40.8 Å². The second-order valence-corrected chi connectivity index (χ2v) is 4.80. The van der Waals surface area contributed by atoms with Crippen LogP contribution in [-0.2, 0) is 4.79 Å². The molecule has 1 fully saturated rings. The van der Waals surface area contributed by atoms with Crippen LogP contribution in [0.4, 0.5) is 5.69 Å². The molecule has 76 valence electrons. The van der Waals surface area contributed by atoms with Crippen molar-refractivity contribution in [2.24, 2.45) is 5.92 Å². The number of terminal acetylenes is 1. The third-order valence-corrected chi connectivity index (χ3v) is 3.15. The molecule has 0 saturated carbocycles. The van der Waals surface area contributed by atoms with Crippen LogP contribution in [0.1, 0.15) is 6.42 Å². The number of benzene rings is 1. The van der Waals surface area contributed by atoms with Crippen LogP contribution in [0.15, 0.2) is 24.3 Å². The molecule has 1 heterocycles. The van der Waals surface area contributed by atoms with Crippen molar-refractivity contribution in [2.45, 2.75) is 6.42 Å². The van der Waals surface area contributed by atoms with Crippen LogP contribution in [0.2, 0.25) is 0 Å². The lowest BCUT2D eigenvalue weighted by Gasteiger charge is -2.15. The number of carbonyl (C=O) groups excluding carboxylic acids is 1. The summed E-state index contributed by atoms with van der Waals surface area (Å²) in [5.41, 5.74) is 0.949. The summed E-state index contributed by atoms with van der Waals surface area (Å²) < 4.78 is 1.13. The number of amides is 1. The lowest BCUT2D eigenvalue weighted by atomic mass is 10.1. The van der Waals surface area contributed by atoms with E-state index in [0.717, 1.165) is 9.26 Å². The van der Waals surface area contributed by atoms with Crippen LogP contribution in [-0.4, -0.2) is 12.5 Å². The number of rotatable bonds is 1. The lowest BCUT2D eigenvalue weighted by Crippen LogP contribution is -2.24. The first kappa shape index (κ1) is 10.5. The van der Waals surface area contributed by atoms with Crippen molar-refractivity contribution in [3.63, 3.8) is 0 Å². The second kappa shape index (κ2) is 4.23. The maximum atomic E-state index is 11.7. The molecule has 0 spiro atoms. The molecule has 0 N–H and O–H groups in total. The summed E-state index contributed by atoms with van der Waals surface area (Å²) in [6.07, 6.45) is 5.81. The van der Waals surface area contributed by atoms with Crippen LogP contribution < -0.4 is 4.90 Å². The molecule has 1 saturated heterocycles. The first-order chi connectivity index (χ1) is 7.20. The van der Waals surface area contributed by atoms with Crippen LogP contribution in [0.5, 0.6) is 0 Å². The Balaban J connectivity index is 2.26. The largest absolute Gasteiger partial charge is 0.311 e. The van der Waals surface area contributed by atoms with E-state index >= 15 is 0 Å². The molecule has 0 aromatic heterocycles. The number of carbonyl (C=O) groups is 1. The van der Waals surface area contributed by atoms with Crippen molar-refractivity contribution in [2.75, 3.05) is 11.4 Å². The summed E-state index contributed by atoms with van der Waals surface area (Å²) in [5, 5.41) is 0. The van der Waals surface area contributed by atoms with Gasteiger partial charge in [0.2, 0.25) is 5.91 Å². The molecule has 2 rings (SSSR count). The molecule has 1 atom stereocenters. The van der Waals surface area contributed by atoms with Gasteiger partial charge in [-0.3, -0.25) is 4.79 Å². The normalized spacial score (nSPS) is 20.4. The Labute approximate surface area is 103 Å². The average Bonchev–Trinajstić information content (AvgIpc) is 2.60. The molecule has 3 heteroatoms. The van der Waals surface area contributed by atoms with E-state index in [1.807, 2.05) is 24.3 Å². The summed E-state index contributed by atoms with van der Waals surface area (Å²) >= 11 is 2.24. The van der Waals surface area contributed by atoms with Gasteiger partial charge in [0.15, 0.2) is 0 Å². The predicted octanol–water partition coefficient (Wildman–Crippen LogP) is 2.28. The Kier molecular flexibility index (Phi) is 2.96. The maximum absolute atomic E-state index is 11.7. The minimum Gasteiger partial charge on any atom is -0.311 e. The molecule has 1 aliphatic rings. The minimum atomic E-state index is 0.0652. The fourth-order valence-corrected chi connectivity index (χ4v) is 2.24. The molecule has 0 aliphatic carbocycles. The van der Waals surface area contributed by atoms with Gasteiger partial charge < -0.3 is 4.90 Å². The van der Waals surface area contributed by atoms with Gasteiger partial charge in [0.1, 0.15) is 0 Å². The Morgan fingerprint density at radius 3 is 2.93 bits per heavy atom. The molecule has 2 nitrogen and oxygen atoms in total. The summed E-state index contributed by atoms with van der Waals surface area (Å²) in [5.74, 6) is 2.83. The molecular formula is C12H10INO.